The lowest BCUT2D eigenvalue weighted by Crippen LogP contribution is -2.44. The van der Waals surface area contributed by atoms with Crippen LogP contribution in [0.2, 0.25) is 0 Å². The summed E-state index contributed by atoms with van der Waals surface area (Å²) in [5.41, 5.74) is 6.09. The second-order valence-corrected chi connectivity index (χ2v) is 10.7. The maximum atomic E-state index is 13.9. The summed E-state index contributed by atoms with van der Waals surface area (Å²) in [4.78, 5) is 34.1. The number of anilines is 2. The molecule has 1 aromatic rings. The smallest absolute Gasteiger partial charge is 0.369 e. The highest BCUT2D eigenvalue weighted by Gasteiger charge is 2.53. The quantitative estimate of drug-likeness (QED) is 0.509. The van der Waals surface area contributed by atoms with Crippen molar-refractivity contribution in [2.24, 2.45) is 29.4 Å². The van der Waals surface area contributed by atoms with Crippen molar-refractivity contribution in [3.63, 3.8) is 0 Å². The maximum Gasteiger partial charge on any atom is 0.421 e. The van der Waals surface area contributed by atoms with E-state index in [1.807, 2.05) is 0 Å². The predicted octanol–water partition coefficient (Wildman–Crippen LogP) is 3.57. The Morgan fingerprint density at radius 1 is 1.14 bits per heavy atom. The van der Waals surface area contributed by atoms with E-state index in [4.69, 9.17) is 5.73 Å². The topological polar surface area (TPSA) is 113 Å². The molecule has 4 aliphatic rings. The van der Waals surface area contributed by atoms with Crippen LogP contribution in [0.4, 0.5) is 24.9 Å². The van der Waals surface area contributed by atoms with Crippen molar-refractivity contribution in [3.8, 4) is 0 Å². The molecule has 3 fully saturated rings. The normalized spacial score (nSPS) is 30.4. The molecule has 2 saturated carbocycles. The zero-order valence-electron chi connectivity index (χ0n) is 20.4. The van der Waals surface area contributed by atoms with Gasteiger partial charge in [-0.15, -0.1) is 0 Å². The molecule has 3 aliphatic carbocycles. The molecule has 2 heterocycles. The van der Waals surface area contributed by atoms with E-state index >= 15 is 0 Å². The second kappa shape index (κ2) is 9.55. The second-order valence-electron chi connectivity index (χ2n) is 10.7. The van der Waals surface area contributed by atoms with Gasteiger partial charge in [0.15, 0.2) is 0 Å². The molecular formula is C25H33F3N6O2. The number of primary amides is 1. The highest BCUT2D eigenvalue weighted by Crippen LogP contribution is 2.53. The first-order valence-electron chi connectivity index (χ1n) is 12.9. The number of piperidine rings is 1. The van der Waals surface area contributed by atoms with E-state index in [1.165, 1.54) is 25.3 Å². The highest BCUT2D eigenvalue weighted by atomic mass is 19.4. The molecule has 196 valence electrons. The van der Waals surface area contributed by atoms with E-state index < -0.39 is 29.6 Å². The Balaban J connectivity index is 1.39. The average Bonchev–Trinajstić information content (AvgIpc) is 3.55. The van der Waals surface area contributed by atoms with E-state index in [2.05, 4.69) is 26.7 Å². The number of fused-ring (bicyclic) bond motifs is 2. The van der Waals surface area contributed by atoms with Gasteiger partial charge in [-0.05, 0) is 49.9 Å². The standard InChI is InChI=1S/C25H33F3N6O2/c1-13(35)34-8-4-7-16(12-34)31-24-30-11-19(25(26,27)28)23(33-24)32-21-15-9-17(14-5-2-3-6-14)18(10-15)20(21)22(29)36/h9,11,14-16,18,20-21H,2-8,10,12H2,1H3,(H2,29,36)(H2,30,31,32,33)/t15-,16-,18-,20-,21+/m0/s1. The number of likely N-dealkylation sites (tertiary alicyclic amines) is 1. The van der Waals surface area contributed by atoms with Crippen LogP contribution < -0.4 is 16.4 Å². The van der Waals surface area contributed by atoms with Gasteiger partial charge in [0.1, 0.15) is 11.4 Å². The van der Waals surface area contributed by atoms with Crippen LogP contribution in [0.1, 0.15) is 57.4 Å². The molecule has 1 aliphatic heterocycles. The minimum absolute atomic E-state index is 0.0262. The molecule has 4 N–H and O–H groups in total. The van der Waals surface area contributed by atoms with Gasteiger partial charge in [-0.3, -0.25) is 9.59 Å². The van der Waals surface area contributed by atoms with Gasteiger partial charge in [0, 0.05) is 38.3 Å². The maximum absolute atomic E-state index is 13.9. The number of allylic oxidation sites excluding steroid dienone is 1. The Morgan fingerprint density at radius 3 is 2.56 bits per heavy atom. The van der Waals surface area contributed by atoms with Gasteiger partial charge in [0.2, 0.25) is 17.8 Å². The van der Waals surface area contributed by atoms with E-state index in [-0.39, 0.29) is 35.6 Å². The summed E-state index contributed by atoms with van der Waals surface area (Å²) in [5.74, 6) is -1.05. The molecule has 2 bridgehead atoms. The third-order valence-corrected chi connectivity index (χ3v) is 8.40. The number of carbonyl (C=O) groups excluding carboxylic acids is 2. The van der Waals surface area contributed by atoms with Gasteiger partial charge < -0.3 is 21.3 Å². The molecule has 0 aromatic carbocycles. The fourth-order valence-corrected chi connectivity index (χ4v) is 6.75. The molecule has 8 nitrogen and oxygen atoms in total. The Morgan fingerprint density at radius 2 is 1.89 bits per heavy atom. The van der Waals surface area contributed by atoms with Crippen LogP contribution >= 0.6 is 0 Å². The van der Waals surface area contributed by atoms with E-state index in [0.29, 0.717) is 19.0 Å². The molecular weight excluding hydrogens is 473 g/mol. The predicted molar refractivity (Wildman–Crippen MR) is 128 cm³/mol. The molecule has 1 aromatic heterocycles. The molecule has 5 atom stereocenters. The summed E-state index contributed by atoms with van der Waals surface area (Å²) < 4.78 is 41.6. The number of hydrogen-bond donors (Lipinski definition) is 3. The van der Waals surface area contributed by atoms with Crippen LogP contribution in [-0.2, 0) is 15.8 Å². The molecule has 11 heteroatoms. The Bertz CT molecular complexity index is 1050. The van der Waals surface area contributed by atoms with Crippen LogP contribution in [0.15, 0.2) is 17.8 Å². The first-order chi connectivity index (χ1) is 17.1. The van der Waals surface area contributed by atoms with Crippen LogP contribution in [0.3, 0.4) is 0 Å². The van der Waals surface area contributed by atoms with Crippen molar-refractivity contribution in [1.82, 2.24) is 14.9 Å². The molecule has 1 saturated heterocycles. The van der Waals surface area contributed by atoms with Crippen LogP contribution in [0.5, 0.6) is 0 Å². The fraction of sp³-hybridized carbons (Fsp3) is 0.680. The van der Waals surface area contributed by atoms with Gasteiger partial charge in [0.25, 0.3) is 0 Å². The van der Waals surface area contributed by atoms with Gasteiger partial charge in [-0.25, -0.2) is 4.98 Å². The zero-order valence-corrected chi connectivity index (χ0v) is 20.4. The molecule has 0 unspecified atom stereocenters. The molecule has 0 radical (unpaired) electrons. The largest absolute Gasteiger partial charge is 0.421 e. The fourth-order valence-electron chi connectivity index (χ4n) is 6.75. The number of nitrogens with two attached hydrogens (primary N) is 1. The lowest BCUT2D eigenvalue weighted by molar-refractivity contribution is -0.137. The van der Waals surface area contributed by atoms with Crippen LogP contribution in [-0.4, -0.2) is 51.9 Å². The van der Waals surface area contributed by atoms with E-state index in [1.54, 1.807) is 4.90 Å². The third-order valence-electron chi connectivity index (χ3n) is 8.40. The number of alkyl halides is 3. The lowest BCUT2D eigenvalue weighted by atomic mass is 9.78. The molecule has 36 heavy (non-hydrogen) atoms. The number of carbonyl (C=O) groups is 2. The van der Waals surface area contributed by atoms with E-state index in [0.717, 1.165) is 38.3 Å². The summed E-state index contributed by atoms with van der Waals surface area (Å²) in [5, 5.41) is 6.07. The Labute approximate surface area is 208 Å². The van der Waals surface area contributed by atoms with Gasteiger partial charge in [0.05, 0.1) is 5.92 Å². The van der Waals surface area contributed by atoms with Gasteiger partial charge in [-0.2, -0.15) is 18.2 Å². The summed E-state index contributed by atoms with van der Waals surface area (Å²) in [7, 11) is 0. The monoisotopic (exact) mass is 506 g/mol. The van der Waals surface area contributed by atoms with E-state index in [9.17, 15) is 22.8 Å². The SMILES string of the molecule is CC(=O)N1CCC[C@H](Nc2ncc(C(F)(F)F)c(N[C@H]3[C@@H](C(N)=O)[C@H]4C[C@@H]3C=C4C3CCCC3)n2)C1. The van der Waals surface area contributed by atoms with Crippen molar-refractivity contribution in [2.75, 3.05) is 23.7 Å². The van der Waals surface area contributed by atoms with Crippen molar-refractivity contribution in [3.05, 3.63) is 23.4 Å². The summed E-state index contributed by atoms with van der Waals surface area (Å²) in [6, 6.07) is -0.714. The Hall–Kier alpha value is -2.85. The zero-order chi connectivity index (χ0) is 25.6. The number of hydrogen-bond acceptors (Lipinski definition) is 6. The number of nitrogens with zero attached hydrogens (tertiary/aromatic N) is 3. The average molecular weight is 507 g/mol. The van der Waals surface area contributed by atoms with Gasteiger partial charge >= 0.3 is 6.18 Å². The molecule has 2 amide bonds. The van der Waals surface area contributed by atoms with Crippen molar-refractivity contribution < 1.29 is 22.8 Å². The number of nitrogens with one attached hydrogen (secondary N) is 2. The number of aromatic nitrogens is 2. The van der Waals surface area contributed by atoms with Crippen LogP contribution in [0.25, 0.3) is 0 Å². The van der Waals surface area contributed by atoms with Crippen molar-refractivity contribution in [2.45, 2.75) is 70.1 Å². The Kier molecular flexibility index (Phi) is 6.59. The minimum Gasteiger partial charge on any atom is -0.369 e. The van der Waals surface area contributed by atoms with Crippen molar-refractivity contribution in [1.29, 1.82) is 0 Å². The number of rotatable bonds is 6. The lowest BCUT2D eigenvalue weighted by Gasteiger charge is -2.33. The number of amides is 2. The first-order valence-corrected chi connectivity index (χ1v) is 12.9. The third kappa shape index (κ3) is 4.76. The highest BCUT2D eigenvalue weighted by molar-refractivity contribution is 5.80. The number of halogens is 3. The molecule has 0 spiro atoms. The molecule has 5 rings (SSSR count). The summed E-state index contributed by atoms with van der Waals surface area (Å²) in [6.45, 7) is 2.59. The van der Waals surface area contributed by atoms with Crippen LogP contribution in [0, 0.1) is 23.7 Å². The first kappa shape index (κ1) is 24.8. The summed E-state index contributed by atoms with van der Waals surface area (Å²) in [6.07, 6.45) is 5.06. The van der Waals surface area contributed by atoms with Gasteiger partial charge in [-0.1, -0.05) is 24.5 Å². The van der Waals surface area contributed by atoms with Crippen molar-refractivity contribution >= 4 is 23.6 Å². The minimum atomic E-state index is -4.66. The summed E-state index contributed by atoms with van der Waals surface area (Å²) >= 11 is 0.